The zero-order valence-electron chi connectivity index (χ0n) is 10.5. The second-order valence-electron chi connectivity index (χ2n) is 4.33. The van der Waals surface area contributed by atoms with Crippen LogP contribution in [0.1, 0.15) is 19.4 Å². The number of aromatic nitrogens is 2. The molecule has 1 aromatic carbocycles. The molecule has 0 N–H and O–H groups in total. The van der Waals surface area contributed by atoms with Crippen LogP contribution in [0.5, 0.6) is 5.75 Å². The highest BCUT2D eigenvalue weighted by Gasteiger charge is 2.30. The maximum absolute atomic E-state index is 12.4. The summed E-state index contributed by atoms with van der Waals surface area (Å²) >= 11 is 0. The van der Waals surface area contributed by atoms with Crippen LogP contribution in [0.3, 0.4) is 0 Å². The highest BCUT2D eigenvalue weighted by atomic mass is 19.4. The smallest absolute Gasteiger partial charge is 0.416 e. The van der Waals surface area contributed by atoms with Crippen molar-refractivity contribution in [1.29, 1.82) is 0 Å². The number of halogens is 3. The van der Waals surface area contributed by atoms with Crippen molar-refractivity contribution in [2.24, 2.45) is 0 Å². The van der Waals surface area contributed by atoms with E-state index in [-0.39, 0.29) is 6.10 Å². The van der Waals surface area contributed by atoms with Crippen LogP contribution in [0.4, 0.5) is 13.2 Å². The van der Waals surface area contributed by atoms with Gasteiger partial charge in [-0.05, 0) is 38.1 Å². The molecule has 0 fully saturated rings. The van der Waals surface area contributed by atoms with Crippen molar-refractivity contribution in [1.82, 2.24) is 9.78 Å². The molecule has 2 rings (SSSR count). The minimum absolute atomic E-state index is 0.0188. The largest absolute Gasteiger partial charge is 0.488 e. The summed E-state index contributed by atoms with van der Waals surface area (Å²) in [5.74, 6) is 0.579. The predicted molar refractivity (Wildman–Crippen MR) is 64.3 cm³/mol. The number of rotatable bonds is 3. The van der Waals surface area contributed by atoms with Crippen molar-refractivity contribution in [2.45, 2.75) is 26.1 Å². The Hall–Kier alpha value is -1.98. The van der Waals surface area contributed by atoms with Gasteiger partial charge in [0.1, 0.15) is 0 Å². The topological polar surface area (TPSA) is 27.1 Å². The Balaban J connectivity index is 2.20. The zero-order valence-corrected chi connectivity index (χ0v) is 10.5. The van der Waals surface area contributed by atoms with E-state index in [1.54, 1.807) is 6.20 Å². The Bertz CT molecular complexity index is 544. The van der Waals surface area contributed by atoms with E-state index in [4.69, 9.17) is 4.74 Å². The van der Waals surface area contributed by atoms with Crippen molar-refractivity contribution in [3.05, 3.63) is 42.2 Å². The van der Waals surface area contributed by atoms with Crippen molar-refractivity contribution >= 4 is 0 Å². The third-order valence-electron chi connectivity index (χ3n) is 2.39. The summed E-state index contributed by atoms with van der Waals surface area (Å²) in [5.41, 5.74) is -0.131. The summed E-state index contributed by atoms with van der Waals surface area (Å²) in [6.07, 6.45) is -1.15. The molecule has 0 saturated carbocycles. The van der Waals surface area contributed by atoms with Crippen LogP contribution in [-0.2, 0) is 6.18 Å². The van der Waals surface area contributed by atoms with Crippen molar-refractivity contribution in [3.63, 3.8) is 0 Å². The molecule has 102 valence electrons. The summed E-state index contributed by atoms with van der Waals surface area (Å²) in [5, 5.41) is 4.04. The normalized spacial score (nSPS) is 11.9. The van der Waals surface area contributed by atoms with Crippen LogP contribution in [0.15, 0.2) is 36.7 Å². The predicted octanol–water partition coefficient (Wildman–Crippen LogP) is 3.68. The second kappa shape index (κ2) is 4.95. The van der Waals surface area contributed by atoms with Gasteiger partial charge in [-0.2, -0.15) is 18.3 Å². The summed E-state index contributed by atoms with van der Waals surface area (Å²) in [6, 6.07) is 4.80. The van der Waals surface area contributed by atoms with E-state index >= 15 is 0 Å². The van der Waals surface area contributed by atoms with Gasteiger partial charge >= 0.3 is 6.18 Å². The van der Waals surface area contributed by atoms with Gasteiger partial charge in [-0.25, -0.2) is 4.68 Å². The van der Waals surface area contributed by atoms with Crippen LogP contribution in [-0.4, -0.2) is 15.9 Å². The van der Waals surface area contributed by atoms with Gasteiger partial charge in [0.25, 0.3) is 0 Å². The first-order valence-corrected chi connectivity index (χ1v) is 5.75. The molecular weight excluding hydrogens is 257 g/mol. The van der Waals surface area contributed by atoms with Gasteiger partial charge in [0.15, 0.2) is 5.75 Å². The number of hydrogen-bond acceptors (Lipinski definition) is 2. The van der Waals surface area contributed by atoms with Gasteiger partial charge in [0.2, 0.25) is 0 Å². The third-order valence-corrected chi connectivity index (χ3v) is 2.39. The summed E-state index contributed by atoms with van der Waals surface area (Å²) < 4.78 is 44.2. The van der Waals surface area contributed by atoms with Crippen LogP contribution in [0.2, 0.25) is 0 Å². The standard InChI is InChI=1S/C13H13F3N2O/c1-9(2)19-12-7-17-18(8-12)11-5-3-10(4-6-11)13(14,15)16/h3-9H,1-2H3. The fourth-order valence-electron chi connectivity index (χ4n) is 1.58. The highest BCUT2D eigenvalue weighted by molar-refractivity contribution is 5.36. The molecule has 0 aliphatic carbocycles. The van der Waals surface area contributed by atoms with Gasteiger partial charge in [-0.1, -0.05) is 0 Å². The molecule has 0 unspecified atom stereocenters. The molecule has 3 nitrogen and oxygen atoms in total. The van der Waals surface area contributed by atoms with Crippen molar-refractivity contribution < 1.29 is 17.9 Å². The fourth-order valence-corrected chi connectivity index (χ4v) is 1.58. The Morgan fingerprint density at radius 2 is 1.79 bits per heavy atom. The maximum atomic E-state index is 12.4. The summed E-state index contributed by atoms with van der Waals surface area (Å²) in [7, 11) is 0. The van der Waals surface area contributed by atoms with Crippen LogP contribution in [0.25, 0.3) is 5.69 Å². The van der Waals surface area contributed by atoms with E-state index in [1.807, 2.05) is 13.8 Å². The van der Waals surface area contributed by atoms with Crippen molar-refractivity contribution in [2.75, 3.05) is 0 Å². The molecule has 0 aliphatic rings. The average molecular weight is 270 g/mol. The number of ether oxygens (including phenoxy) is 1. The molecule has 0 atom stereocenters. The van der Waals surface area contributed by atoms with Gasteiger partial charge in [0.05, 0.1) is 29.7 Å². The van der Waals surface area contributed by atoms with E-state index < -0.39 is 11.7 Å². The Morgan fingerprint density at radius 1 is 1.16 bits per heavy atom. The molecule has 19 heavy (non-hydrogen) atoms. The monoisotopic (exact) mass is 270 g/mol. The van der Waals surface area contributed by atoms with Crippen LogP contribution < -0.4 is 4.74 Å². The molecule has 0 radical (unpaired) electrons. The number of nitrogens with zero attached hydrogens (tertiary/aromatic N) is 2. The van der Waals surface area contributed by atoms with Gasteiger partial charge < -0.3 is 4.74 Å². The van der Waals surface area contributed by atoms with E-state index in [1.165, 1.54) is 23.0 Å². The summed E-state index contributed by atoms with van der Waals surface area (Å²) in [6.45, 7) is 3.77. The number of alkyl halides is 3. The van der Waals surface area contributed by atoms with E-state index in [9.17, 15) is 13.2 Å². The lowest BCUT2D eigenvalue weighted by atomic mass is 10.2. The van der Waals surface area contributed by atoms with E-state index in [0.29, 0.717) is 11.4 Å². The zero-order chi connectivity index (χ0) is 14.0. The van der Waals surface area contributed by atoms with Gasteiger partial charge in [0, 0.05) is 0 Å². The molecule has 1 aromatic heterocycles. The molecule has 0 saturated heterocycles. The molecule has 0 amide bonds. The molecule has 1 heterocycles. The first kappa shape index (κ1) is 13.5. The van der Waals surface area contributed by atoms with E-state index in [2.05, 4.69) is 5.10 Å². The highest BCUT2D eigenvalue weighted by Crippen LogP contribution is 2.29. The minimum Gasteiger partial charge on any atom is -0.488 e. The SMILES string of the molecule is CC(C)Oc1cnn(-c2ccc(C(F)(F)F)cc2)c1. The molecule has 0 bridgehead atoms. The van der Waals surface area contributed by atoms with Crippen molar-refractivity contribution in [3.8, 4) is 11.4 Å². The quantitative estimate of drug-likeness (QED) is 0.850. The molecule has 6 heteroatoms. The first-order chi connectivity index (χ1) is 8.86. The third kappa shape index (κ3) is 3.27. The average Bonchev–Trinajstić information content (AvgIpc) is 2.75. The lowest BCUT2D eigenvalue weighted by Crippen LogP contribution is -2.05. The number of benzene rings is 1. The van der Waals surface area contributed by atoms with Crippen LogP contribution >= 0.6 is 0 Å². The minimum atomic E-state index is -4.32. The Morgan fingerprint density at radius 3 is 2.32 bits per heavy atom. The molecular formula is C13H13F3N2O. The lowest BCUT2D eigenvalue weighted by Gasteiger charge is -2.08. The second-order valence-corrected chi connectivity index (χ2v) is 4.33. The van der Waals surface area contributed by atoms with E-state index in [0.717, 1.165) is 12.1 Å². The molecule has 0 aliphatic heterocycles. The fraction of sp³-hybridized carbons (Fsp3) is 0.308. The lowest BCUT2D eigenvalue weighted by molar-refractivity contribution is -0.137. The van der Waals surface area contributed by atoms with Gasteiger partial charge in [-0.15, -0.1) is 0 Å². The maximum Gasteiger partial charge on any atom is 0.416 e. The van der Waals surface area contributed by atoms with Crippen LogP contribution in [0, 0.1) is 0 Å². The summed E-state index contributed by atoms with van der Waals surface area (Å²) in [4.78, 5) is 0. The Labute approximate surface area is 108 Å². The number of hydrogen-bond donors (Lipinski definition) is 0. The molecule has 0 spiro atoms. The Kier molecular flexibility index (Phi) is 3.50. The van der Waals surface area contributed by atoms with Gasteiger partial charge in [-0.3, -0.25) is 0 Å². The first-order valence-electron chi connectivity index (χ1n) is 5.75. The molecule has 2 aromatic rings.